The van der Waals surface area contributed by atoms with E-state index < -0.39 is 0 Å². The fourth-order valence-electron chi connectivity index (χ4n) is 3.28. The zero-order valence-corrected chi connectivity index (χ0v) is 11.0. The third kappa shape index (κ3) is 3.30. The summed E-state index contributed by atoms with van der Waals surface area (Å²) in [6.45, 7) is 8.16. The van der Waals surface area contributed by atoms with Crippen LogP contribution in [-0.2, 0) is 0 Å². The Labute approximate surface area is 105 Å². The molecule has 2 rings (SSSR count). The summed E-state index contributed by atoms with van der Waals surface area (Å²) in [6.07, 6.45) is 6.15. The first-order chi connectivity index (χ1) is 8.20. The van der Waals surface area contributed by atoms with Crippen LogP contribution in [0.3, 0.4) is 0 Å². The number of piperidine rings is 1. The Morgan fingerprint density at radius 3 is 2.94 bits per heavy atom. The van der Waals surface area contributed by atoms with E-state index in [1.165, 1.54) is 32.5 Å². The number of nitrogens with zero attached hydrogens (tertiary/aromatic N) is 2. The van der Waals surface area contributed by atoms with Crippen molar-refractivity contribution in [3.8, 4) is 0 Å². The van der Waals surface area contributed by atoms with E-state index in [2.05, 4.69) is 23.4 Å². The standard InChI is InChI=1S/C14H26N2O/c1-3-4-5-13(17)10-16-9-7-12-6-8-15(2)11-14(12)16/h3,12-14,17H,1,4-11H2,2H3/t12-,13+,14-/m1/s1. The molecule has 3 nitrogen and oxygen atoms in total. The number of rotatable bonds is 5. The molecular formula is C14H26N2O. The second-order valence-electron chi connectivity index (χ2n) is 5.68. The van der Waals surface area contributed by atoms with Gasteiger partial charge < -0.3 is 10.0 Å². The van der Waals surface area contributed by atoms with Gasteiger partial charge in [-0.1, -0.05) is 6.08 Å². The van der Waals surface area contributed by atoms with Gasteiger partial charge in [-0.25, -0.2) is 0 Å². The van der Waals surface area contributed by atoms with Crippen molar-refractivity contribution in [3.63, 3.8) is 0 Å². The summed E-state index contributed by atoms with van der Waals surface area (Å²) < 4.78 is 0. The average Bonchev–Trinajstić information content (AvgIpc) is 2.69. The molecule has 0 saturated carbocycles. The Hall–Kier alpha value is -0.380. The molecule has 0 aromatic carbocycles. The summed E-state index contributed by atoms with van der Waals surface area (Å²) in [6, 6.07) is 0.687. The zero-order chi connectivity index (χ0) is 12.3. The molecule has 3 heteroatoms. The van der Waals surface area contributed by atoms with Crippen molar-refractivity contribution in [2.24, 2.45) is 5.92 Å². The highest BCUT2D eigenvalue weighted by Crippen LogP contribution is 2.31. The van der Waals surface area contributed by atoms with Crippen molar-refractivity contribution in [3.05, 3.63) is 12.7 Å². The Morgan fingerprint density at radius 2 is 2.18 bits per heavy atom. The number of aliphatic hydroxyl groups is 1. The Balaban J connectivity index is 1.82. The van der Waals surface area contributed by atoms with Crippen molar-refractivity contribution < 1.29 is 5.11 Å². The predicted molar refractivity (Wildman–Crippen MR) is 71.0 cm³/mol. The lowest BCUT2D eigenvalue weighted by Crippen LogP contribution is -2.48. The first kappa shape index (κ1) is 13.1. The maximum atomic E-state index is 9.99. The molecule has 0 radical (unpaired) electrons. The number of hydrogen-bond acceptors (Lipinski definition) is 3. The minimum atomic E-state index is -0.181. The van der Waals surface area contributed by atoms with Crippen LogP contribution in [0.15, 0.2) is 12.7 Å². The average molecular weight is 238 g/mol. The quantitative estimate of drug-likeness (QED) is 0.732. The number of aliphatic hydroxyl groups excluding tert-OH is 1. The molecule has 3 atom stereocenters. The summed E-state index contributed by atoms with van der Waals surface area (Å²) in [5.41, 5.74) is 0. The molecule has 98 valence electrons. The summed E-state index contributed by atoms with van der Waals surface area (Å²) >= 11 is 0. The van der Waals surface area contributed by atoms with E-state index in [4.69, 9.17) is 0 Å². The number of likely N-dealkylation sites (N-methyl/N-ethyl adjacent to an activating group) is 1. The molecule has 2 saturated heterocycles. The lowest BCUT2D eigenvalue weighted by Gasteiger charge is -2.37. The van der Waals surface area contributed by atoms with Crippen molar-refractivity contribution in [1.29, 1.82) is 0 Å². The van der Waals surface area contributed by atoms with E-state index in [0.717, 1.165) is 25.3 Å². The van der Waals surface area contributed by atoms with E-state index in [1.54, 1.807) is 0 Å². The number of fused-ring (bicyclic) bond motifs is 1. The highest BCUT2D eigenvalue weighted by atomic mass is 16.3. The van der Waals surface area contributed by atoms with Crippen molar-refractivity contribution in [2.75, 3.05) is 33.2 Å². The first-order valence-corrected chi connectivity index (χ1v) is 6.92. The van der Waals surface area contributed by atoms with Crippen LogP contribution in [-0.4, -0.2) is 60.3 Å². The van der Waals surface area contributed by atoms with Gasteiger partial charge in [-0.15, -0.1) is 6.58 Å². The molecule has 1 N–H and O–H groups in total. The van der Waals surface area contributed by atoms with Gasteiger partial charge in [0.15, 0.2) is 0 Å². The summed E-state index contributed by atoms with van der Waals surface area (Å²) in [5.74, 6) is 0.873. The minimum Gasteiger partial charge on any atom is -0.392 e. The molecule has 2 aliphatic heterocycles. The second-order valence-corrected chi connectivity index (χ2v) is 5.68. The number of allylic oxidation sites excluding steroid dienone is 1. The van der Waals surface area contributed by atoms with Crippen molar-refractivity contribution >= 4 is 0 Å². The smallest absolute Gasteiger partial charge is 0.0670 e. The normalized spacial score (nSPS) is 32.4. The maximum absolute atomic E-state index is 9.99. The molecule has 2 heterocycles. The molecule has 0 bridgehead atoms. The SMILES string of the molecule is C=CCC[C@H](O)CN1CC[C@H]2CCN(C)C[C@H]21. The Morgan fingerprint density at radius 1 is 1.41 bits per heavy atom. The molecule has 0 aliphatic carbocycles. The highest BCUT2D eigenvalue weighted by Gasteiger charge is 2.37. The predicted octanol–water partition coefficient (Wildman–Crippen LogP) is 1.34. The van der Waals surface area contributed by atoms with Gasteiger partial charge in [0.25, 0.3) is 0 Å². The monoisotopic (exact) mass is 238 g/mol. The Kier molecular flexibility index (Phi) is 4.60. The maximum Gasteiger partial charge on any atom is 0.0670 e. The van der Waals surface area contributed by atoms with Crippen LogP contribution in [0.1, 0.15) is 25.7 Å². The van der Waals surface area contributed by atoms with E-state index >= 15 is 0 Å². The zero-order valence-electron chi connectivity index (χ0n) is 11.0. The molecule has 0 aromatic rings. The van der Waals surface area contributed by atoms with Gasteiger partial charge >= 0.3 is 0 Å². The number of likely N-dealkylation sites (tertiary alicyclic amines) is 2. The van der Waals surface area contributed by atoms with E-state index in [9.17, 15) is 5.11 Å². The Bertz CT molecular complexity index is 257. The third-order valence-electron chi connectivity index (χ3n) is 4.33. The minimum absolute atomic E-state index is 0.181. The van der Waals surface area contributed by atoms with Gasteiger partial charge in [0, 0.05) is 19.1 Å². The van der Waals surface area contributed by atoms with Crippen LogP contribution >= 0.6 is 0 Å². The van der Waals surface area contributed by atoms with Gasteiger partial charge in [-0.2, -0.15) is 0 Å². The second kappa shape index (κ2) is 5.98. The van der Waals surface area contributed by atoms with Gasteiger partial charge in [-0.3, -0.25) is 4.90 Å². The van der Waals surface area contributed by atoms with Crippen LogP contribution in [0.4, 0.5) is 0 Å². The molecular weight excluding hydrogens is 212 g/mol. The molecule has 0 unspecified atom stereocenters. The summed E-state index contributed by atoms with van der Waals surface area (Å²) in [5, 5.41) is 9.99. The lowest BCUT2D eigenvalue weighted by atomic mass is 9.92. The summed E-state index contributed by atoms with van der Waals surface area (Å²) in [4.78, 5) is 4.93. The highest BCUT2D eigenvalue weighted by molar-refractivity contribution is 4.93. The molecule has 2 fully saturated rings. The molecule has 17 heavy (non-hydrogen) atoms. The van der Waals surface area contributed by atoms with Gasteiger partial charge in [0.05, 0.1) is 6.10 Å². The summed E-state index contributed by atoms with van der Waals surface area (Å²) in [7, 11) is 2.21. The van der Waals surface area contributed by atoms with Crippen LogP contribution in [0.5, 0.6) is 0 Å². The van der Waals surface area contributed by atoms with Gasteiger partial charge in [0.2, 0.25) is 0 Å². The van der Waals surface area contributed by atoms with Gasteiger partial charge in [0.1, 0.15) is 0 Å². The largest absolute Gasteiger partial charge is 0.392 e. The molecule has 0 amide bonds. The van der Waals surface area contributed by atoms with Gasteiger partial charge in [-0.05, 0) is 51.7 Å². The lowest BCUT2D eigenvalue weighted by molar-refractivity contribution is 0.0675. The fraction of sp³-hybridized carbons (Fsp3) is 0.857. The molecule has 0 spiro atoms. The van der Waals surface area contributed by atoms with Crippen LogP contribution in [0.25, 0.3) is 0 Å². The number of hydrogen-bond donors (Lipinski definition) is 1. The van der Waals surface area contributed by atoms with Crippen LogP contribution in [0, 0.1) is 5.92 Å². The third-order valence-corrected chi connectivity index (χ3v) is 4.33. The molecule has 0 aromatic heterocycles. The van der Waals surface area contributed by atoms with E-state index in [1.807, 2.05) is 6.08 Å². The van der Waals surface area contributed by atoms with Crippen LogP contribution < -0.4 is 0 Å². The van der Waals surface area contributed by atoms with Crippen molar-refractivity contribution in [2.45, 2.75) is 37.8 Å². The van der Waals surface area contributed by atoms with Crippen LogP contribution in [0.2, 0.25) is 0 Å². The first-order valence-electron chi connectivity index (χ1n) is 6.92. The number of β-amino-alcohol motifs (C(OH)–C–C–N with tert-alkyl or cyclic N) is 1. The fourth-order valence-corrected chi connectivity index (χ4v) is 3.28. The van der Waals surface area contributed by atoms with E-state index in [0.29, 0.717) is 6.04 Å². The van der Waals surface area contributed by atoms with E-state index in [-0.39, 0.29) is 6.10 Å². The van der Waals surface area contributed by atoms with Crippen molar-refractivity contribution in [1.82, 2.24) is 9.80 Å². The molecule has 2 aliphatic rings. The topological polar surface area (TPSA) is 26.7 Å².